The maximum absolute atomic E-state index is 15.7. The van der Waals surface area contributed by atoms with Crippen molar-refractivity contribution in [1.29, 1.82) is 0 Å². The highest BCUT2D eigenvalue weighted by Crippen LogP contribution is 2.65. The van der Waals surface area contributed by atoms with Gasteiger partial charge in [0.25, 0.3) is 0 Å². The summed E-state index contributed by atoms with van der Waals surface area (Å²) in [7, 11) is 0. The molecule has 0 atom stereocenters. The second-order valence-corrected chi connectivity index (χ2v) is 14.1. The van der Waals surface area contributed by atoms with Crippen LogP contribution in [0.2, 0.25) is 0 Å². The Morgan fingerprint density at radius 1 is 0.352 bits per heavy atom. The lowest BCUT2D eigenvalue weighted by Gasteiger charge is -2.23. The molecule has 4 aromatic heterocycles. The SMILES string of the molecule is FC1(F)c2ccc3c4c(ccc(c24)C1(F)F)-c1c-3c(-c2cc3cccnc3c3ncccc23)c2ccccc2c1-c1cc2cccnc2c2ncccc12. The summed E-state index contributed by atoms with van der Waals surface area (Å²) in [5, 5.41) is 5.65. The predicted molar refractivity (Wildman–Crippen MR) is 206 cm³/mol. The van der Waals surface area contributed by atoms with Crippen LogP contribution in [0, 0.1) is 0 Å². The molecule has 4 nitrogen and oxygen atoms in total. The normalized spacial score (nSPS) is 15.0. The summed E-state index contributed by atoms with van der Waals surface area (Å²) in [6.07, 6.45) is 6.98. The Kier molecular flexibility index (Phi) is 5.50. The molecule has 2 aliphatic carbocycles. The van der Waals surface area contributed by atoms with Gasteiger partial charge in [-0.2, -0.15) is 17.6 Å². The first-order chi connectivity index (χ1) is 26.3. The van der Waals surface area contributed by atoms with Gasteiger partial charge in [-0.05, 0) is 97.1 Å². The van der Waals surface area contributed by atoms with Crippen molar-refractivity contribution in [2.24, 2.45) is 0 Å². The summed E-state index contributed by atoms with van der Waals surface area (Å²) in [4.78, 5) is 19.0. The first-order valence-corrected chi connectivity index (χ1v) is 17.6. The van der Waals surface area contributed by atoms with Crippen LogP contribution in [-0.4, -0.2) is 19.9 Å². The minimum absolute atomic E-state index is 0.0828. The number of nitrogens with zero attached hydrogens (tertiary/aromatic N) is 4. The zero-order chi connectivity index (χ0) is 36.1. The highest BCUT2D eigenvalue weighted by atomic mass is 19.3. The van der Waals surface area contributed by atoms with Crippen molar-refractivity contribution < 1.29 is 17.6 Å². The summed E-state index contributed by atoms with van der Waals surface area (Å²) in [5.74, 6) is -8.73. The zero-order valence-corrected chi connectivity index (χ0v) is 28.0. The lowest BCUT2D eigenvalue weighted by Crippen LogP contribution is -2.30. The maximum Gasteiger partial charge on any atom is 0.340 e. The van der Waals surface area contributed by atoms with E-state index in [1.165, 1.54) is 12.1 Å². The van der Waals surface area contributed by atoms with E-state index in [0.717, 1.165) is 87.8 Å². The number of halogens is 4. The Morgan fingerprint density at radius 2 is 0.759 bits per heavy atom. The molecule has 0 fully saturated rings. The molecule has 0 unspecified atom stereocenters. The van der Waals surface area contributed by atoms with E-state index < -0.39 is 23.0 Å². The highest BCUT2D eigenvalue weighted by molar-refractivity contribution is 6.31. The van der Waals surface area contributed by atoms with Gasteiger partial charge in [0.15, 0.2) is 0 Å². The number of hydrogen-bond acceptors (Lipinski definition) is 4. The molecular formula is C46H22F4N4. The molecule has 0 radical (unpaired) electrons. The molecule has 0 spiro atoms. The standard InChI is InChI=1S/C46H22F4N4/c47-45(48)33-15-13-29-37-30(14-16-34(40(33)37)46(45,49)50)39-36(32-22-24-8-4-18-52-42(24)44-28(32)12-6-20-54-44)26-10-2-1-9-25(26)35(38(29)39)31-21-23-7-3-17-51-41(23)43-27(31)11-5-19-53-43/h1-22H. The molecule has 10 aromatic rings. The molecule has 2 aliphatic rings. The van der Waals surface area contributed by atoms with E-state index in [-0.39, 0.29) is 5.39 Å². The molecule has 0 aliphatic heterocycles. The average Bonchev–Trinajstić information content (AvgIpc) is 3.61. The van der Waals surface area contributed by atoms with Crippen LogP contribution in [0.1, 0.15) is 11.1 Å². The van der Waals surface area contributed by atoms with Crippen molar-refractivity contribution in [3.63, 3.8) is 0 Å². The molecule has 0 saturated heterocycles. The first kappa shape index (κ1) is 29.7. The van der Waals surface area contributed by atoms with E-state index in [1.807, 2.05) is 60.7 Å². The molecule has 12 rings (SSSR count). The number of benzene rings is 6. The summed E-state index contributed by atoms with van der Waals surface area (Å²) < 4.78 is 62.8. The highest BCUT2D eigenvalue weighted by Gasteiger charge is 2.64. The van der Waals surface area contributed by atoms with Crippen LogP contribution < -0.4 is 0 Å². The second kappa shape index (κ2) is 9.99. The Labute approximate surface area is 303 Å². The smallest absolute Gasteiger partial charge is 0.254 e. The minimum Gasteiger partial charge on any atom is -0.254 e. The van der Waals surface area contributed by atoms with Gasteiger partial charge in [0.1, 0.15) is 0 Å². The summed E-state index contributed by atoms with van der Waals surface area (Å²) >= 11 is 0. The van der Waals surface area contributed by atoms with E-state index >= 15 is 17.6 Å². The van der Waals surface area contributed by atoms with E-state index in [2.05, 4.69) is 34.2 Å². The van der Waals surface area contributed by atoms with Crippen LogP contribution >= 0.6 is 0 Å². The maximum atomic E-state index is 15.7. The number of rotatable bonds is 2. The Balaban J connectivity index is 1.34. The molecule has 0 N–H and O–H groups in total. The van der Waals surface area contributed by atoms with Crippen LogP contribution in [0.25, 0.3) is 110 Å². The van der Waals surface area contributed by atoms with Gasteiger partial charge in [0.05, 0.1) is 22.1 Å². The third-order valence-corrected chi connectivity index (χ3v) is 11.4. The van der Waals surface area contributed by atoms with Crippen molar-refractivity contribution in [2.45, 2.75) is 11.8 Å². The largest absolute Gasteiger partial charge is 0.340 e. The van der Waals surface area contributed by atoms with Crippen LogP contribution in [-0.2, 0) is 11.8 Å². The van der Waals surface area contributed by atoms with Gasteiger partial charge in [-0.3, -0.25) is 19.9 Å². The van der Waals surface area contributed by atoms with Crippen LogP contribution in [0.3, 0.4) is 0 Å². The summed E-state index contributed by atoms with van der Waals surface area (Å²) in [6.45, 7) is 0. The number of aromatic nitrogens is 4. The molecule has 54 heavy (non-hydrogen) atoms. The average molecular weight is 707 g/mol. The van der Waals surface area contributed by atoms with E-state index in [9.17, 15) is 0 Å². The Bertz CT molecular complexity index is 3140. The summed E-state index contributed by atoms with van der Waals surface area (Å²) in [5.41, 5.74) is 7.98. The quantitative estimate of drug-likeness (QED) is 0.133. The molecule has 4 heterocycles. The van der Waals surface area contributed by atoms with Gasteiger partial charge < -0.3 is 0 Å². The fourth-order valence-corrected chi connectivity index (χ4v) is 9.28. The van der Waals surface area contributed by atoms with Crippen molar-refractivity contribution in [3.8, 4) is 44.5 Å². The van der Waals surface area contributed by atoms with Crippen LogP contribution in [0.5, 0.6) is 0 Å². The monoisotopic (exact) mass is 706 g/mol. The van der Waals surface area contributed by atoms with E-state index in [1.54, 1.807) is 36.9 Å². The molecule has 0 bridgehead atoms. The fourth-order valence-electron chi connectivity index (χ4n) is 9.28. The van der Waals surface area contributed by atoms with Crippen molar-refractivity contribution in [2.75, 3.05) is 0 Å². The van der Waals surface area contributed by atoms with Gasteiger partial charge in [-0.1, -0.05) is 72.8 Å². The van der Waals surface area contributed by atoms with Gasteiger partial charge in [-0.15, -0.1) is 0 Å². The van der Waals surface area contributed by atoms with Crippen molar-refractivity contribution in [1.82, 2.24) is 19.9 Å². The fraction of sp³-hybridized carbons (Fsp3) is 0.0435. The molecule has 0 amide bonds. The third-order valence-electron chi connectivity index (χ3n) is 11.4. The molecule has 0 saturated carbocycles. The second-order valence-electron chi connectivity index (χ2n) is 14.1. The van der Waals surface area contributed by atoms with Crippen LogP contribution in [0.4, 0.5) is 17.6 Å². The minimum atomic E-state index is -4.36. The number of hydrogen-bond donors (Lipinski definition) is 0. The van der Waals surface area contributed by atoms with Gasteiger partial charge in [-0.25, -0.2) is 0 Å². The zero-order valence-electron chi connectivity index (χ0n) is 28.0. The lowest BCUT2D eigenvalue weighted by molar-refractivity contribution is -0.216. The number of fused-ring (bicyclic) bond motifs is 10. The van der Waals surface area contributed by atoms with Gasteiger partial charge in [0.2, 0.25) is 0 Å². The molecule has 254 valence electrons. The number of alkyl halides is 4. The molecule has 6 aromatic carbocycles. The first-order valence-electron chi connectivity index (χ1n) is 17.6. The predicted octanol–water partition coefficient (Wildman–Crippen LogP) is 12.4. The molecular weight excluding hydrogens is 685 g/mol. The van der Waals surface area contributed by atoms with Crippen molar-refractivity contribution in [3.05, 3.63) is 145 Å². The van der Waals surface area contributed by atoms with Gasteiger partial charge in [0, 0.05) is 62.8 Å². The van der Waals surface area contributed by atoms with E-state index in [4.69, 9.17) is 9.97 Å². The van der Waals surface area contributed by atoms with Crippen LogP contribution in [0.15, 0.2) is 134 Å². The van der Waals surface area contributed by atoms with Gasteiger partial charge >= 0.3 is 11.8 Å². The Hall–Kier alpha value is -6.80. The number of pyridine rings is 4. The summed E-state index contributed by atoms with van der Waals surface area (Å²) in [6, 6.07) is 33.6. The third kappa shape index (κ3) is 3.48. The molecule has 8 heteroatoms. The topological polar surface area (TPSA) is 51.6 Å². The lowest BCUT2D eigenvalue weighted by atomic mass is 9.80. The Morgan fingerprint density at radius 3 is 1.22 bits per heavy atom. The van der Waals surface area contributed by atoms with Crippen molar-refractivity contribution >= 4 is 65.2 Å². The van der Waals surface area contributed by atoms with E-state index in [0.29, 0.717) is 16.5 Å².